The average molecular weight is 224 g/mol. The molecule has 1 aromatic heterocycles. The van der Waals surface area contributed by atoms with E-state index < -0.39 is 5.91 Å². The van der Waals surface area contributed by atoms with Crippen LogP contribution in [0.5, 0.6) is 0 Å². The molecule has 0 aliphatic rings. The number of nitrogens with one attached hydrogen (secondary N) is 1. The van der Waals surface area contributed by atoms with Crippen molar-refractivity contribution in [3.63, 3.8) is 0 Å². The highest BCUT2D eigenvalue weighted by Gasteiger charge is 2.15. The van der Waals surface area contributed by atoms with Crippen LogP contribution in [-0.2, 0) is 7.05 Å². The molecule has 0 unspecified atom stereocenters. The third-order valence-corrected chi connectivity index (χ3v) is 2.04. The van der Waals surface area contributed by atoms with Gasteiger partial charge in [-0.05, 0) is 5.92 Å². The van der Waals surface area contributed by atoms with E-state index >= 15 is 0 Å². The topological polar surface area (TPSA) is 90.0 Å². The highest BCUT2D eigenvalue weighted by atomic mass is 16.2. The fourth-order valence-electron chi connectivity index (χ4n) is 1.19. The number of primary amides is 1. The first-order valence-corrected chi connectivity index (χ1v) is 5.04. The molecule has 0 saturated carbocycles. The number of carbonyl (C=O) groups is 2. The van der Waals surface area contributed by atoms with Crippen molar-refractivity contribution in [1.82, 2.24) is 15.1 Å². The first kappa shape index (κ1) is 12.2. The number of aromatic nitrogens is 2. The standard InChI is InChI=1S/C10H16N4O2/c1-6(2)5-12-10(16)8-4-7(9(11)15)13-14(8)3/h4,6H,5H2,1-3H3,(H2,11,15)(H,12,16). The monoisotopic (exact) mass is 224 g/mol. The molecule has 2 amide bonds. The van der Waals surface area contributed by atoms with Gasteiger partial charge in [0.15, 0.2) is 5.69 Å². The van der Waals surface area contributed by atoms with E-state index in [4.69, 9.17) is 5.73 Å². The lowest BCUT2D eigenvalue weighted by Crippen LogP contribution is -2.28. The number of hydrogen-bond donors (Lipinski definition) is 2. The van der Waals surface area contributed by atoms with Crippen molar-refractivity contribution in [2.45, 2.75) is 13.8 Å². The summed E-state index contributed by atoms with van der Waals surface area (Å²) in [5.74, 6) is -0.525. The summed E-state index contributed by atoms with van der Waals surface area (Å²) in [5, 5.41) is 6.58. The zero-order valence-electron chi connectivity index (χ0n) is 9.65. The molecule has 88 valence electrons. The Kier molecular flexibility index (Phi) is 3.65. The first-order chi connectivity index (χ1) is 7.41. The average Bonchev–Trinajstić information content (AvgIpc) is 2.57. The van der Waals surface area contributed by atoms with E-state index in [1.807, 2.05) is 13.8 Å². The molecule has 6 nitrogen and oxygen atoms in total. The van der Waals surface area contributed by atoms with Crippen LogP contribution in [0.3, 0.4) is 0 Å². The third-order valence-electron chi connectivity index (χ3n) is 2.04. The molecule has 0 aliphatic carbocycles. The number of nitrogens with zero attached hydrogens (tertiary/aromatic N) is 2. The Labute approximate surface area is 93.8 Å². The SMILES string of the molecule is CC(C)CNC(=O)c1cc(C(N)=O)nn1C. The van der Waals surface area contributed by atoms with Crippen molar-refractivity contribution < 1.29 is 9.59 Å². The lowest BCUT2D eigenvalue weighted by Gasteiger charge is -2.06. The Morgan fingerprint density at radius 2 is 2.19 bits per heavy atom. The highest BCUT2D eigenvalue weighted by Crippen LogP contribution is 2.02. The normalized spacial score (nSPS) is 10.5. The minimum atomic E-state index is -0.640. The summed E-state index contributed by atoms with van der Waals surface area (Å²) in [6.45, 7) is 4.58. The lowest BCUT2D eigenvalue weighted by molar-refractivity contribution is 0.0938. The van der Waals surface area contributed by atoms with E-state index in [0.717, 1.165) is 0 Å². The molecule has 0 spiro atoms. The number of amides is 2. The van der Waals surface area contributed by atoms with E-state index in [-0.39, 0.29) is 11.6 Å². The number of aryl methyl sites for hydroxylation is 1. The third kappa shape index (κ3) is 2.82. The predicted molar refractivity (Wildman–Crippen MR) is 58.9 cm³/mol. The summed E-state index contributed by atoms with van der Waals surface area (Å²) in [4.78, 5) is 22.6. The van der Waals surface area contributed by atoms with Gasteiger partial charge in [0.2, 0.25) is 0 Å². The molecule has 0 atom stereocenters. The maximum absolute atomic E-state index is 11.7. The van der Waals surface area contributed by atoms with Gasteiger partial charge in [-0.2, -0.15) is 5.10 Å². The van der Waals surface area contributed by atoms with E-state index in [9.17, 15) is 9.59 Å². The summed E-state index contributed by atoms with van der Waals surface area (Å²) in [5.41, 5.74) is 5.49. The quantitative estimate of drug-likeness (QED) is 0.748. The van der Waals surface area contributed by atoms with Gasteiger partial charge in [-0.3, -0.25) is 14.3 Å². The van der Waals surface area contributed by atoms with E-state index in [1.54, 1.807) is 7.05 Å². The summed E-state index contributed by atoms with van der Waals surface area (Å²) < 4.78 is 1.34. The van der Waals surface area contributed by atoms with Crippen LogP contribution in [0, 0.1) is 5.92 Å². The predicted octanol–water partition coefficient (Wildman–Crippen LogP) is -0.0952. The Morgan fingerprint density at radius 1 is 1.56 bits per heavy atom. The fraction of sp³-hybridized carbons (Fsp3) is 0.500. The number of carbonyl (C=O) groups excluding carboxylic acids is 2. The lowest BCUT2D eigenvalue weighted by atomic mass is 10.2. The van der Waals surface area contributed by atoms with Crippen LogP contribution in [-0.4, -0.2) is 28.1 Å². The Hall–Kier alpha value is -1.85. The minimum Gasteiger partial charge on any atom is -0.364 e. The second-order valence-electron chi connectivity index (χ2n) is 4.01. The van der Waals surface area contributed by atoms with Crippen LogP contribution < -0.4 is 11.1 Å². The van der Waals surface area contributed by atoms with Gasteiger partial charge >= 0.3 is 0 Å². The molecular weight excluding hydrogens is 208 g/mol. The van der Waals surface area contributed by atoms with Crippen molar-refractivity contribution in [1.29, 1.82) is 0 Å². The molecule has 1 heterocycles. The van der Waals surface area contributed by atoms with Gasteiger partial charge in [0.05, 0.1) is 0 Å². The zero-order chi connectivity index (χ0) is 12.3. The summed E-state index contributed by atoms with van der Waals surface area (Å²) >= 11 is 0. The molecule has 1 rings (SSSR count). The minimum absolute atomic E-state index is 0.0946. The van der Waals surface area contributed by atoms with Crippen LogP contribution in [0.15, 0.2) is 6.07 Å². The van der Waals surface area contributed by atoms with Crippen molar-refractivity contribution in [3.8, 4) is 0 Å². The molecule has 0 saturated heterocycles. The van der Waals surface area contributed by atoms with Gasteiger partial charge in [-0.1, -0.05) is 13.8 Å². The molecule has 0 fully saturated rings. The number of rotatable bonds is 4. The van der Waals surface area contributed by atoms with Crippen LogP contribution in [0.4, 0.5) is 0 Å². The molecule has 0 aromatic carbocycles. The molecule has 0 bridgehead atoms. The second kappa shape index (κ2) is 4.78. The highest BCUT2D eigenvalue weighted by molar-refractivity contribution is 5.97. The number of nitrogens with two attached hydrogens (primary N) is 1. The van der Waals surface area contributed by atoms with Crippen LogP contribution in [0.1, 0.15) is 34.8 Å². The van der Waals surface area contributed by atoms with Crippen molar-refractivity contribution in [2.75, 3.05) is 6.54 Å². The zero-order valence-corrected chi connectivity index (χ0v) is 9.65. The Balaban J connectivity index is 2.79. The van der Waals surface area contributed by atoms with Gasteiger partial charge in [0, 0.05) is 19.7 Å². The summed E-state index contributed by atoms with van der Waals surface area (Å²) in [7, 11) is 1.59. The summed E-state index contributed by atoms with van der Waals surface area (Å²) in [6.07, 6.45) is 0. The van der Waals surface area contributed by atoms with Gasteiger partial charge in [0.1, 0.15) is 5.69 Å². The second-order valence-corrected chi connectivity index (χ2v) is 4.01. The molecule has 6 heteroatoms. The maximum Gasteiger partial charge on any atom is 0.269 e. The van der Waals surface area contributed by atoms with E-state index in [0.29, 0.717) is 18.2 Å². The maximum atomic E-state index is 11.7. The van der Waals surface area contributed by atoms with Crippen molar-refractivity contribution >= 4 is 11.8 Å². The molecule has 3 N–H and O–H groups in total. The van der Waals surface area contributed by atoms with Crippen LogP contribution in [0.2, 0.25) is 0 Å². The number of hydrogen-bond acceptors (Lipinski definition) is 3. The van der Waals surface area contributed by atoms with E-state index in [2.05, 4.69) is 10.4 Å². The molecule has 0 radical (unpaired) electrons. The van der Waals surface area contributed by atoms with Crippen LogP contribution >= 0.6 is 0 Å². The molecular formula is C10H16N4O2. The first-order valence-electron chi connectivity index (χ1n) is 5.04. The Bertz CT molecular complexity index is 409. The molecule has 1 aromatic rings. The Morgan fingerprint density at radius 3 is 2.62 bits per heavy atom. The summed E-state index contributed by atoms with van der Waals surface area (Å²) in [6, 6.07) is 1.39. The van der Waals surface area contributed by atoms with Crippen LogP contribution in [0.25, 0.3) is 0 Å². The van der Waals surface area contributed by atoms with Crippen molar-refractivity contribution in [2.24, 2.45) is 18.7 Å². The molecule has 16 heavy (non-hydrogen) atoms. The van der Waals surface area contributed by atoms with Crippen molar-refractivity contribution in [3.05, 3.63) is 17.5 Å². The van der Waals surface area contributed by atoms with Gasteiger partial charge in [-0.25, -0.2) is 0 Å². The van der Waals surface area contributed by atoms with Gasteiger partial charge < -0.3 is 11.1 Å². The fourth-order valence-corrected chi connectivity index (χ4v) is 1.19. The largest absolute Gasteiger partial charge is 0.364 e. The smallest absolute Gasteiger partial charge is 0.269 e. The van der Waals surface area contributed by atoms with Gasteiger partial charge in [0.25, 0.3) is 11.8 Å². The van der Waals surface area contributed by atoms with Gasteiger partial charge in [-0.15, -0.1) is 0 Å². The van der Waals surface area contributed by atoms with E-state index in [1.165, 1.54) is 10.7 Å². The molecule has 0 aliphatic heterocycles.